The zero-order valence-corrected chi connectivity index (χ0v) is 11.3. The van der Waals surface area contributed by atoms with E-state index in [1.165, 1.54) is 24.3 Å². The van der Waals surface area contributed by atoms with Gasteiger partial charge in [0.15, 0.2) is 9.84 Å². The molecule has 1 aromatic carbocycles. The Hall–Kier alpha value is -2.42. The van der Waals surface area contributed by atoms with Crippen LogP contribution in [0.25, 0.3) is 0 Å². The first-order valence-electron chi connectivity index (χ1n) is 5.66. The number of sulfone groups is 1. The number of hydrogen-bond acceptors (Lipinski definition) is 7. The molecular formula is C11H12N4O4S. The number of nitrogens with one attached hydrogen (secondary N) is 1. The van der Waals surface area contributed by atoms with Crippen molar-refractivity contribution in [2.75, 3.05) is 16.8 Å². The van der Waals surface area contributed by atoms with Crippen LogP contribution in [0.3, 0.4) is 0 Å². The Labute approximate surface area is 114 Å². The van der Waals surface area contributed by atoms with E-state index in [9.17, 15) is 13.2 Å². The van der Waals surface area contributed by atoms with Gasteiger partial charge in [-0.2, -0.15) is 0 Å². The first-order valence-corrected chi connectivity index (χ1v) is 7.31. The Morgan fingerprint density at radius 2 is 1.95 bits per heavy atom. The molecule has 2 aromatic rings. The monoisotopic (exact) mass is 296 g/mol. The van der Waals surface area contributed by atoms with Gasteiger partial charge < -0.3 is 11.1 Å². The van der Waals surface area contributed by atoms with Crippen LogP contribution in [0.4, 0.5) is 11.5 Å². The van der Waals surface area contributed by atoms with Crippen LogP contribution >= 0.6 is 0 Å². The fourth-order valence-electron chi connectivity index (χ4n) is 1.46. The van der Waals surface area contributed by atoms with Crippen molar-refractivity contribution in [3.63, 3.8) is 0 Å². The molecular weight excluding hydrogens is 284 g/mol. The SMILES string of the molecule is CCS(=O)(=O)c1ccc(NC(=O)c2nonc2N)cc1. The summed E-state index contributed by atoms with van der Waals surface area (Å²) < 4.78 is 27.6. The number of hydrogen-bond donors (Lipinski definition) is 2. The average molecular weight is 296 g/mol. The molecule has 0 saturated heterocycles. The second-order valence-corrected chi connectivity index (χ2v) is 6.16. The third-order valence-corrected chi connectivity index (χ3v) is 4.33. The number of amides is 1. The highest BCUT2D eigenvalue weighted by Crippen LogP contribution is 2.16. The molecule has 0 radical (unpaired) electrons. The van der Waals surface area contributed by atoms with E-state index in [4.69, 9.17) is 5.73 Å². The van der Waals surface area contributed by atoms with Crippen LogP contribution in [0.15, 0.2) is 33.8 Å². The maximum atomic E-state index is 11.8. The topological polar surface area (TPSA) is 128 Å². The van der Waals surface area contributed by atoms with Crippen LogP contribution < -0.4 is 11.1 Å². The second-order valence-electron chi connectivity index (χ2n) is 3.88. The molecule has 0 aliphatic rings. The standard InChI is InChI=1S/C11H12N4O4S/c1-2-20(17,18)8-5-3-7(4-6-8)13-11(16)9-10(12)15-19-14-9/h3-6H,2H2,1H3,(H2,12,15)(H,13,16). The lowest BCUT2D eigenvalue weighted by molar-refractivity contribution is 0.101. The van der Waals surface area contributed by atoms with Gasteiger partial charge in [0, 0.05) is 5.69 Å². The van der Waals surface area contributed by atoms with Gasteiger partial charge in [-0.1, -0.05) is 6.92 Å². The van der Waals surface area contributed by atoms with E-state index in [1.54, 1.807) is 6.92 Å². The fraction of sp³-hybridized carbons (Fsp3) is 0.182. The van der Waals surface area contributed by atoms with E-state index in [-0.39, 0.29) is 22.2 Å². The number of aromatic nitrogens is 2. The minimum atomic E-state index is -3.26. The molecule has 20 heavy (non-hydrogen) atoms. The van der Waals surface area contributed by atoms with Gasteiger partial charge in [0.1, 0.15) is 0 Å². The molecule has 0 aliphatic carbocycles. The van der Waals surface area contributed by atoms with Gasteiger partial charge in [-0.05, 0) is 34.6 Å². The molecule has 9 heteroatoms. The number of nitrogens with two attached hydrogens (primary N) is 1. The summed E-state index contributed by atoms with van der Waals surface area (Å²) in [6.45, 7) is 1.56. The van der Waals surface area contributed by atoms with Gasteiger partial charge >= 0.3 is 0 Å². The van der Waals surface area contributed by atoms with Gasteiger partial charge in [0.05, 0.1) is 10.6 Å². The number of rotatable bonds is 4. The summed E-state index contributed by atoms with van der Waals surface area (Å²) in [5.74, 6) is -0.692. The van der Waals surface area contributed by atoms with E-state index in [2.05, 4.69) is 20.3 Å². The Balaban J connectivity index is 2.16. The number of nitrogens with zero attached hydrogens (tertiary/aromatic N) is 2. The molecule has 1 heterocycles. The van der Waals surface area contributed by atoms with Crippen LogP contribution in [-0.2, 0) is 9.84 Å². The van der Waals surface area contributed by atoms with Gasteiger partial charge in [-0.3, -0.25) is 4.79 Å². The molecule has 0 saturated carbocycles. The maximum absolute atomic E-state index is 11.8. The molecule has 0 aliphatic heterocycles. The number of carbonyl (C=O) groups is 1. The molecule has 0 atom stereocenters. The van der Waals surface area contributed by atoms with Crippen molar-refractivity contribution < 1.29 is 17.8 Å². The molecule has 3 N–H and O–H groups in total. The molecule has 2 rings (SSSR count). The summed E-state index contributed by atoms with van der Waals surface area (Å²) in [4.78, 5) is 12.0. The smallest absolute Gasteiger partial charge is 0.281 e. The highest BCUT2D eigenvalue weighted by atomic mass is 32.2. The maximum Gasteiger partial charge on any atom is 0.281 e. The molecule has 1 aromatic heterocycles. The van der Waals surface area contributed by atoms with Crippen molar-refractivity contribution in [2.45, 2.75) is 11.8 Å². The normalized spacial score (nSPS) is 11.2. The van der Waals surface area contributed by atoms with Crippen LogP contribution in [0.1, 0.15) is 17.4 Å². The average Bonchev–Trinajstić information content (AvgIpc) is 2.85. The fourth-order valence-corrected chi connectivity index (χ4v) is 2.34. The van der Waals surface area contributed by atoms with E-state index in [1.807, 2.05) is 0 Å². The van der Waals surface area contributed by atoms with Crippen molar-refractivity contribution in [1.82, 2.24) is 10.3 Å². The van der Waals surface area contributed by atoms with Crippen molar-refractivity contribution in [3.8, 4) is 0 Å². The van der Waals surface area contributed by atoms with Crippen molar-refractivity contribution in [3.05, 3.63) is 30.0 Å². The minimum absolute atomic E-state index is 0.0137. The summed E-state index contributed by atoms with van der Waals surface area (Å²) in [5, 5.41) is 9.16. The molecule has 0 unspecified atom stereocenters. The quantitative estimate of drug-likeness (QED) is 0.849. The summed E-state index contributed by atoms with van der Waals surface area (Å²) in [6.07, 6.45) is 0. The summed E-state index contributed by atoms with van der Waals surface area (Å²) in [6, 6.07) is 5.78. The van der Waals surface area contributed by atoms with E-state index in [0.717, 1.165) is 0 Å². The molecule has 8 nitrogen and oxygen atoms in total. The lowest BCUT2D eigenvalue weighted by atomic mass is 10.3. The highest BCUT2D eigenvalue weighted by Gasteiger charge is 2.16. The van der Waals surface area contributed by atoms with Gasteiger partial charge in [-0.25, -0.2) is 13.0 Å². The first kappa shape index (κ1) is 14.0. The second kappa shape index (κ2) is 5.29. The predicted molar refractivity (Wildman–Crippen MR) is 70.8 cm³/mol. The number of anilines is 2. The van der Waals surface area contributed by atoms with E-state index in [0.29, 0.717) is 5.69 Å². The number of nitrogen functional groups attached to an aromatic ring is 1. The van der Waals surface area contributed by atoms with Crippen LogP contribution in [0.2, 0.25) is 0 Å². The Morgan fingerprint density at radius 1 is 1.30 bits per heavy atom. The largest absolute Gasteiger partial charge is 0.379 e. The Kier molecular flexibility index (Phi) is 3.70. The van der Waals surface area contributed by atoms with Crippen molar-refractivity contribution in [1.29, 1.82) is 0 Å². The summed E-state index contributed by atoms with van der Waals surface area (Å²) >= 11 is 0. The molecule has 0 fully saturated rings. The molecule has 0 bridgehead atoms. The van der Waals surface area contributed by atoms with Crippen molar-refractivity contribution in [2.24, 2.45) is 0 Å². The molecule has 1 amide bonds. The molecule has 0 spiro atoms. The van der Waals surface area contributed by atoms with Crippen LogP contribution in [0.5, 0.6) is 0 Å². The third-order valence-electron chi connectivity index (χ3n) is 2.58. The van der Waals surface area contributed by atoms with Gasteiger partial charge in [0.25, 0.3) is 5.91 Å². The van der Waals surface area contributed by atoms with Crippen LogP contribution in [0, 0.1) is 0 Å². The predicted octanol–water partition coefficient (Wildman–Crippen LogP) is 0.698. The van der Waals surface area contributed by atoms with E-state index >= 15 is 0 Å². The minimum Gasteiger partial charge on any atom is -0.379 e. The zero-order chi connectivity index (χ0) is 14.8. The lowest BCUT2D eigenvalue weighted by Gasteiger charge is -2.05. The van der Waals surface area contributed by atoms with Crippen molar-refractivity contribution >= 4 is 27.2 Å². The van der Waals surface area contributed by atoms with E-state index < -0.39 is 15.7 Å². The number of carbonyl (C=O) groups excluding carboxylic acids is 1. The highest BCUT2D eigenvalue weighted by molar-refractivity contribution is 7.91. The van der Waals surface area contributed by atoms with Gasteiger partial charge in [0.2, 0.25) is 11.5 Å². The molecule has 106 valence electrons. The first-order chi connectivity index (χ1) is 9.44. The summed E-state index contributed by atoms with van der Waals surface area (Å²) in [5.41, 5.74) is 5.67. The Morgan fingerprint density at radius 3 is 2.45 bits per heavy atom. The number of benzene rings is 1. The lowest BCUT2D eigenvalue weighted by Crippen LogP contribution is -2.14. The Bertz CT molecular complexity index is 721. The zero-order valence-electron chi connectivity index (χ0n) is 10.5. The van der Waals surface area contributed by atoms with Crippen LogP contribution in [-0.4, -0.2) is 30.4 Å². The third kappa shape index (κ3) is 2.77. The summed E-state index contributed by atoms with van der Waals surface area (Å²) in [7, 11) is -3.26. The van der Waals surface area contributed by atoms with Gasteiger partial charge in [-0.15, -0.1) is 0 Å².